The molecule has 0 saturated heterocycles. The average molecular weight is 933 g/mol. The Kier molecular flexibility index (Phi) is 10.8. The third-order valence-electron chi connectivity index (χ3n) is 11.7. The van der Waals surface area contributed by atoms with Crippen LogP contribution >= 0.6 is 0 Å². The van der Waals surface area contributed by atoms with Crippen LogP contribution in [0.5, 0.6) is 0 Å². The standard InChI is InChI=1S/2C27H15F3N3.Fe/c2*28-27(29,30)18-12-22-20-9-4-2-7-17(20)15-32-26(22)24(13-18)33-23-11-5-10-21-19-8-3-1-6-16(19)14-31-25(21)23;/h2*1-15H;/q2*-1;+2. The molecule has 12 aromatic rings. The second kappa shape index (κ2) is 16.8. The Balaban J connectivity index is 0.000000154. The molecule has 0 amide bonds. The number of pyridine rings is 4. The summed E-state index contributed by atoms with van der Waals surface area (Å²) in [6, 6.07) is 45.8. The van der Waals surface area contributed by atoms with Crippen molar-refractivity contribution in [1.29, 1.82) is 0 Å². The molecule has 326 valence electrons. The molecule has 0 fully saturated rings. The molecule has 0 atom stereocenters. The summed E-state index contributed by atoms with van der Waals surface area (Å²) in [6.07, 6.45) is -2.18. The van der Waals surface area contributed by atoms with E-state index >= 15 is 0 Å². The number of halogens is 6. The van der Waals surface area contributed by atoms with Gasteiger partial charge in [-0.25, -0.2) is 0 Å². The van der Waals surface area contributed by atoms with Crippen LogP contribution in [0.25, 0.3) is 97.3 Å². The zero-order valence-electron chi connectivity index (χ0n) is 34.6. The van der Waals surface area contributed by atoms with Crippen molar-refractivity contribution in [3.63, 3.8) is 0 Å². The molecule has 8 aromatic carbocycles. The number of hydrogen-bond donors (Lipinski definition) is 0. The van der Waals surface area contributed by atoms with E-state index in [1.165, 1.54) is 0 Å². The van der Waals surface area contributed by atoms with Crippen molar-refractivity contribution in [3.05, 3.63) is 204 Å². The molecule has 67 heavy (non-hydrogen) atoms. The maximum atomic E-state index is 13.8. The maximum Gasteiger partial charge on any atom is 2.00 e. The first-order valence-corrected chi connectivity index (χ1v) is 20.7. The summed E-state index contributed by atoms with van der Waals surface area (Å²) in [6.45, 7) is 0. The van der Waals surface area contributed by atoms with Crippen molar-refractivity contribution >= 4 is 109 Å². The van der Waals surface area contributed by atoms with Gasteiger partial charge >= 0.3 is 29.4 Å². The van der Waals surface area contributed by atoms with Gasteiger partial charge in [-0.05, 0) is 33.7 Å². The van der Waals surface area contributed by atoms with Gasteiger partial charge in [-0.2, -0.15) is 26.3 Å². The molecule has 0 unspecified atom stereocenters. The molecule has 13 heteroatoms. The van der Waals surface area contributed by atoms with Crippen molar-refractivity contribution in [2.45, 2.75) is 12.4 Å². The second-order valence-corrected chi connectivity index (χ2v) is 15.7. The molecule has 12 rings (SSSR count). The predicted molar refractivity (Wildman–Crippen MR) is 252 cm³/mol. The van der Waals surface area contributed by atoms with Crippen molar-refractivity contribution in [2.75, 3.05) is 0 Å². The molecule has 0 aliphatic rings. The Hall–Kier alpha value is -7.86. The van der Waals surface area contributed by atoms with E-state index in [0.717, 1.165) is 67.4 Å². The summed E-state index contributed by atoms with van der Waals surface area (Å²) in [5, 5.41) is 18.9. The summed E-state index contributed by atoms with van der Waals surface area (Å²) < 4.78 is 82.7. The normalized spacial score (nSPS) is 11.9. The average Bonchev–Trinajstić information content (AvgIpc) is 3.33. The molecule has 0 bridgehead atoms. The first-order valence-electron chi connectivity index (χ1n) is 20.7. The van der Waals surface area contributed by atoms with E-state index in [9.17, 15) is 26.3 Å². The van der Waals surface area contributed by atoms with E-state index in [2.05, 4.69) is 30.6 Å². The van der Waals surface area contributed by atoms with Crippen LogP contribution in [0, 0.1) is 0 Å². The second-order valence-electron chi connectivity index (χ2n) is 15.7. The summed E-state index contributed by atoms with van der Waals surface area (Å²) >= 11 is 0. The van der Waals surface area contributed by atoms with Crippen LogP contribution in [0.15, 0.2) is 183 Å². The third-order valence-corrected chi connectivity index (χ3v) is 11.7. The summed E-state index contributed by atoms with van der Waals surface area (Å²) in [5.74, 6) is 0. The minimum Gasteiger partial charge on any atom is -0.654 e. The first-order chi connectivity index (χ1) is 32.0. The Bertz CT molecular complexity index is 3640. The Labute approximate surface area is 387 Å². The van der Waals surface area contributed by atoms with Gasteiger partial charge in [-0.15, -0.1) is 22.7 Å². The third kappa shape index (κ3) is 7.92. The van der Waals surface area contributed by atoms with Gasteiger partial charge in [0.1, 0.15) is 0 Å². The Morgan fingerprint density at radius 2 is 0.582 bits per heavy atom. The van der Waals surface area contributed by atoms with Crippen molar-refractivity contribution in [1.82, 2.24) is 19.9 Å². The summed E-state index contributed by atoms with van der Waals surface area (Å²) in [5.41, 5.74) is 1.88. The molecule has 0 N–H and O–H groups in total. The molecule has 0 aliphatic heterocycles. The van der Waals surface area contributed by atoms with E-state index in [1.54, 1.807) is 61.2 Å². The Morgan fingerprint density at radius 3 is 0.910 bits per heavy atom. The number of para-hydroxylation sites is 2. The van der Waals surface area contributed by atoms with E-state index < -0.39 is 23.5 Å². The zero-order chi connectivity index (χ0) is 45.2. The fourth-order valence-corrected chi connectivity index (χ4v) is 8.58. The van der Waals surface area contributed by atoms with Gasteiger partial charge < -0.3 is 10.6 Å². The minimum atomic E-state index is -4.51. The van der Waals surface area contributed by atoms with Gasteiger partial charge in [0.25, 0.3) is 0 Å². The van der Waals surface area contributed by atoms with Crippen molar-refractivity contribution < 1.29 is 43.4 Å². The van der Waals surface area contributed by atoms with E-state index in [4.69, 9.17) is 0 Å². The molecule has 0 spiro atoms. The molecular weight excluding hydrogens is 902 g/mol. The van der Waals surface area contributed by atoms with Crippen LogP contribution in [0.3, 0.4) is 0 Å². The molecule has 6 nitrogen and oxygen atoms in total. The molecule has 0 saturated carbocycles. The van der Waals surface area contributed by atoms with Crippen LogP contribution in [0.1, 0.15) is 11.1 Å². The number of hydrogen-bond acceptors (Lipinski definition) is 4. The Morgan fingerprint density at radius 1 is 0.299 bits per heavy atom. The van der Waals surface area contributed by atoms with Crippen LogP contribution in [0.4, 0.5) is 49.1 Å². The maximum absolute atomic E-state index is 13.8. The van der Waals surface area contributed by atoms with Crippen LogP contribution in [-0.2, 0) is 29.4 Å². The van der Waals surface area contributed by atoms with Gasteiger partial charge in [-0.1, -0.05) is 146 Å². The predicted octanol–water partition coefficient (Wildman–Crippen LogP) is 16.9. The minimum absolute atomic E-state index is 0. The fourth-order valence-electron chi connectivity index (χ4n) is 8.58. The number of benzene rings is 8. The molecule has 4 aromatic heterocycles. The summed E-state index contributed by atoms with van der Waals surface area (Å²) in [4.78, 5) is 18.1. The van der Waals surface area contributed by atoms with E-state index in [0.29, 0.717) is 55.0 Å². The van der Waals surface area contributed by atoms with Crippen LogP contribution < -0.4 is 0 Å². The SMILES string of the molecule is FC(F)(F)c1cc([N-]c2cccc3c2ncc2ccccc23)c2ncc3ccccc3c2c1.FC(F)(F)c1cc([N-]c2cccc3c2ncc2ccccc23)c2ncc3ccccc3c2c1.[Fe+2]. The summed E-state index contributed by atoms with van der Waals surface area (Å²) in [7, 11) is 0. The van der Waals surface area contributed by atoms with Crippen LogP contribution in [0.2, 0.25) is 0 Å². The van der Waals surface area contributed by atoms with Gasteiger partial charge in [-0.3, -0.25) is 19.9 Å². The van der Waals surface area contributed by atoms with Gasteiger partial charge in [0.2, 0.25) is 0 Å². The quantitative estimate of drug-likeness (QED) is 0.100. The topological polar surface area (TPSA) is 79.8 Å². The number of nitrogens with zero attached hydrogens (tertiary/aromatic N) is 6. The van der Waals surface area contributed by atoms with E-state index in [-0.39, 0.29) is 28.4 Å². The van der Waals surface area contributed by atoms with Gasteiger partial charge in [0, 0.05) is 67.9 Å². The molecule has 0 radical (unpaired) electrons. The molecule has 4 heterocycles. The molecular formula is C54H30F6FeN6. The zero-order valence-corrected chi connectivity index (χ0v) is 35.7. The largest absolute Gasteiger partial charge is 2.00 e. The smallest absolute Gasteiger partial charge is 0.654 e. The number of rotatable bonds is 4. The molecule has 0 aliphatic carbocycles. The first kappa shape index (κ1) is 43.1. The fraction of sp³-hybridized carbons (Fsp3) is 0.0370. The number of aromatic nitrogens is 4. The van der Waals surface area contributed by atoms with Crippen molar-refractivity contribution in [3.8, 4) is 0 Å². The van der Waals surface area contributed by atoms with Gasteiger partial charge in [0.05, 0.1) is 33.2 Å². The number of alkyl halides is 6. The van der Waals surface area contributed by atoms with Crippen LogP contribution in [-0.4, -0.2) is 19.9 Å². The van der Waals surface area contributed by atoms with Crippen molar-refractivity contribution in [2.24, 2.45) is 0 Å². The monoisotopic (exact) mass is 932 g/mol. The number of fused-ring (bicyclic) bond motifs is 12. The van der Waals surface area contributed by atoms with E-state index in [1.807, 2.05) is 97.1 Å². The van der Waals surface area contributed by atoms with Gasteiger partial charge in [0.15, 0.2) is 0 Å².